The monoisotopic (exact) mass is 296 g/mol. The highest BCUT2D eigenvalue weighted by Gasteiger charge is 2.22. The van der Waals surface area contributed by atoms with Crippen LogP contribution in [0.25, 0.3) is 0 Å². The van der Waals surface area contributed by atoms with Crippen molar-refractivity contribution < 1.29 is 18.7 Å². The molecule has 1 aliphatic heterocycles. The number of benzene rings is 1. The van der Waals surface area contributed by atoms with Crippen LogP contribution in [0.1, 0.15) is 13.3 Å². The first-order valence-corrected chi connectivity index (χ1v) is 7.20. The summed E-state index contributed by atoms with van der Waals surface area (Å²) in [6.07, 6.45) is 0.402. The van der Waals surface area contributed by atoms with Crippen molar-refractivity contribution >= 4 is 5.91 Å². The minimum atomic E-state index is -0.398. The second-order valence-electron chi connectivity index (χ2n) is 4.91. The summed E-state index contributed by atoms with van der Waals surface area (Å²) in [5.74, 6) is -0.312. The molecule has 2 atom stereocenters. The van der Waals surface area contributed by atoms with Gasteiger partial charge in [0.2, 0.25) is 5.91 Å². The molecule has 1 saturated heterocycles. The summed E-state index contributed by atoms with van der Waals surface area (Å²) in [5.41, 5.74) is 0. The van der Waals surface area contributed by atoms with Gasteiger partial charge in [-0.1, -0.05) is 19.1 Å². The molecule has 1 aromatic carbocycles. The lowest BCUT2D eigenvalue weighted by Crippen LogP contribution is -2.52. The van der Waals surface area contributed by atoms with Crippen molar-refractivity contribution in [2.75, 3.05) is 26.3 Å². The van der Waals surface area contributed by atoms with Crippen LogP contribution >= 0.6 is 0 Å². The lowest BCUT2D eigenvalue weighted by molar-refractivity contribution is -0.126. The van der Waals surface area contributed by atoms with Gasteiger partial charge in [-0.25, -0.2) is 4.39 Å². The van der Waals surface area contributed by atoms with Crippen molar-refractivity contribution in [1.29, 1.82) is 0 Å². The molecule has 6 heteroatoms. The predicted molar refractivity (Wildman–Crippen MR) is 76.7 cm³/mol. The number of hydrogen-bond donors (Lipinski definition) is 2. The molecular weight excluding hydrogens is 275 g/mol. The highest BCUT2D eigenvalue weighted by Crippen LogP contribution is 2.17. The molecule has 1 aliphatic rings. The molecule has 0 spiro atoms. The third-order valence-electron chi connectivity index (χ3n) is 3.33. The summed E-state index contributed by atoms with van der Waals surface area (Å²) in [5, 5.41) is 5.90. The van der Waals surface area contributed by atoms with Crippen LogP contribution in [0.2, 0.25) is 0 Å². The molecule has 0 bridgehead atoms. The highest BCUT2D eigenvalue weighted by atomic mass is 19.1. The number of hydrogen-bond acceptors (Lipinski definition) is 4. The van der Waals surface area contributed by atoms with Gasteiger partial charge >= 0.3 is 0 Å². The van der Waals surface area contributed by atoms with Crippen molar-refractivity contribution in [3.05, 3.63) is 30.1 Å². The molecule has 21 heavy (non-hydrogen) atoms. The van der Waals surface area contributed by atoms with Crippen LogP contribution in [0.4, 0.5) is 4.39 Å². The third kappa shape index (κ3) is 4.68. The van der Waals surface area contributed by atoms with Gasteiger partial charge in [-0.05, 0) is 18.6 Å². The van der Waals surface area contributed by atoms with E-state index in [0.717, 1.165) is 0 Å². The highest BCUT2D eigenvalue weighted by molar-refractivity contribution is 5.82. The van der Waals surface area contributed by atoms with Crippen LogP contribution in [0, 0.1) is 5.82 Å². The van der Waals surface area contributed by atoms with E-state index in [0.29, 0.717) is 32.7 Å². The fourth-order valence-electron chi connectivity index (χ4n) is 2.06. The summed E-state index contributed by atoms with van der Waals surface area (Å²) in [6.45, 7) is 3.93. The number of rotatable bonds is 6. The number of carbonyl (C=O) groups excluding carboxylic acids is 1. The summed E-state index contributed by atoms with van der Waals surface area (Å²) < 4.78 is 24.4. The maximum absolute atomic E-state index is 13.5. The van der Waals surface area contributed by atoms with E-state index < -0.39 is 5.82 Å². The normalized spacial score (nSPS) is 19.8. The Balaban J connectivity index is 1.82. The molecule has 1 amide bonds. The van der Waals surface area contributed by atoms with Gasteiger partial charge in [-0.3, -0.25) is 4.79 Å². The molecule has 5 nitrogen and oxygen atoms in total. The number of para-hydroxylation sites is 1. The van der Waals surface area contributed by atoms with Gasteiger partial charge < -0.3 is 20.1 Å². The second-order valence-corrected chi connectivity index (χ2v) is 4.91. The first-order chi connectivity index (χ1) is 10.2. The molecule has 0 radical (unpaired) electrons. The molecule has 2 N–H and O–H groups in total. The lowest BCUT2D eigenvalue weighted by Gasteiger charge is -2.24. The first kappa shape index (κ1) is 15.7. The average Bonchev–Trinajstić information content (AvgIpc) is 2.53. The Bertz CT molecular complexity index is 464. The topological polar surface area (TPSA) is 59.6 Å². The molecule has 0 aromatic heterocycles. The van der Waals surface area contributed by atoms with E-state index in [1.165, 1.54) is 6.07 Å². The van der Waals surface area contributed by atoms with Gasteiger partial charge in [-0.15, -0.1) is 0 Å². The summed E-state index contributed by atoms with van der Waals surface area (Å²) >= 11 is 0. The Hall–Kier alpha value is -1.66. The van der Waals surface area contributed by atoms with Gasteiger partial charge in [0.05, 0.1) is 19.8 Å². The lowest BCUT2D eigenvalue weighted by atomic mass is 10.2. The molecule has 0 saturated carbocycles. The smallest absolute Gasteiger partial charge is 0.239 e. The SMILES string of the molecule is CCC(CNC(=O)C1COCCN1)Oc1ccccc1F. The number of carbonyl (C=O) groups is 1. The standard InChI is InChI=1S/C15H21FN2O3/c1-2-11(21-14-6-4-3-5-12(14)16)9-18-15(19)13-10-20-8-7-17-13/h3-6,11,13,17H,2,7-10H2,1H3,(H,18,19). The Labute approximate surface area is 123 Å². The second kappa shape index (κ2) is 7.95. The van der Waals surface area contributed by atoms with Crippen molar-refractivity contribution in [1.82, 2.24) is 10.6 Å². The number of morpholine rings is 1. The Morgan fingerprint density at radius 1 is 1.57 bits per heavy atom. The van der Waals surface area contributed by atoms with E-state index >= 15 is 0 Å². The summed E-state index contributed by atoms with van der Waals surface area (Å²) in [4.78, 5) is 12.0. The molecule has 116 valence electrons. The Morgan fingerprint density at radius 3 is 3.05 bits per heavy atom. The quantitative estimate of drug-likeness (QED) is 0.825. The third-order valence-corrected chi connectivity index (χ3v) is 3.33. The molecule has 2 unspecified atom stereocenters. The van der Waals surface area contributed by atoms with Crippen molar-refractivity contribution in [2.45, 2.75) is 25.5 Å². The van der Waals surface area contributed by atoms with E-state index in [1.807, 2.05) is 6.92 Å². The minimum Gasteiger partial charge on any atom is -0.486 e. The molecule has 0 aliphatic carbocycles. The average molecular weight is 296 g/mol. The van der Waals surface area contributed by atoms with Crippen LogP contribution in [-0.2, 0) is 9.53 Å². The zero-order chi connectivity index (χ0) is 15.1. The number of halogens is 1. The van der Waals surface area contributed by atoms with Crippen molar-refractivity contribution in [2.24, 2.45) is 0 Å². The predicted octanol–water partition coefficient (Wildman–Crippen LogP) is 1.09. The van der Waals surface area contributed by atoms with Crippen molar-refractivity contribution in [3.8, 4) is 5.75 Å². The minimum absolute atomic E-state index is 0.120. The van der Waals surface area contributed by atoms with Gasteiger partial charge in [-0.2, -0.15) is 0 Å². The van der Waals surface area contributed by atoms with Gasteiger partial charge in [0, 0.05) is 6.54 Å². The van der Waals surface area contributed by atoms with Crippen LogP contribution < -0.4 is 15.4 Å². The molecular formula is C15H21FN2O3. The largest absolute Gasteiger partial charge is 0.486 e. The number of amides is 1. The van der Waals surface area contributed by atoms with E-state index in [2.05, 4.69) is 10.6 Å². The molecule has 2 rings (SSSR count). The number of nitrogens with one attached hydrogen (secondary N) is 2. The number of ether oxygens (including phenoxy) is 2. The van der Waals surface area contributed by atoms with Gasteiger partial charge in [0.15, 0.2) is 11.6 Å². The fourth-order valence-corrected chi connectivity index (χ4v) is 2.06. The molecule has 1 fully saturated rings. The zero-order valence-corrected chi connectivity index (χ0v) is 12.1. The van der Waals surface area contributed by atoms with Gasteiger partial charge in [0.25, 0.3) is 0 Å². The maximum atomic E-state index is 13.5. The Morgan fingerprint density at radius 2 is 2.38 bits per heavy atom. The summed E-state index contributed by atoms with van der Waals surface area (Å²) in [7, 11) is 0. The zero-order valence-electron chi connectivity index (χ0n) is 12.1. The van der Waals surface area contributed by atoms with Crippen LogP contribution in [0.5, 0.6) is 5.75 Å². The van der Waals surface area contributed by atoms with Crippen LogP contribution in [0.15, 0.2) is 24.3 Å². The summed E-state index contributed by atoms with van der Waals surface area (Å²) in [6, 6.07) is 5.93. The van der Waals surface area contributed by atoms with E-state index in [4.69, 9.17) is 9.47 Å². The first-order valence-electron chi connectivity index (χ1n) is 7.20. The van der Waals surface area contributed by atoms with Gasteiger partial charge in [0.1, 0.15) is 12.1 Å². The molecule has 1 heterocycles. The van der Waals surface area contributed by atoms with Crippen molar-refractivity contribution in [3.63, 3.8) is 0 Å². The molecule has 1 aromatic rings. The van der Waals surface area contributed by atoms with E-state index in [1.54, 1.807) is 18.2 Å². The Kier molecular flexibility index (Phi) is 5.95. The van der Waals surface area contributed by atoms with Crippen LogP contribution in [0.3, 0.4) is 0 Å². The van der Waals surface area contributed by atoms with E-state index in [9.17, 15) is 9.18 Å². The van der Waals surface area contributed by atoms with E-state index in [-0.39, 0.29) is 23.8 Å². The maximum Gasteiger partial charge on any atom is 0.239 e. The van der Waals surface area contributed by atoms with Crippen LogP contribution in [-0.4, -0.2) is 44.4 Å². The fraction of sp³-hybridized carbons (Fsp3) is 0.533.